The summed E-state index contributed by atoms with van der Waals surface area (Å²) < 4.78 is 0. The molecule has 1 aromatic rings. The van der Waals surface area contributed by atoms with Crippen LogP contribution in [0.2, 0.25) is 0 Å². The summed E-state index contributed by atoms with van der Waals surface area (Å²) in [5.74, 6) is 0.366. The molecule has 0 aromatic heterocycles. The van der Waals surface area contributed by atoms with Crippen LogP contribution in [0.5, 0.6) is 5.75 Å². The summed E-state index contributed by atoms with van der Waals surface area (Å²) >= 11 is 0. The highest BCUT2D eigenvalue weighted by molar-refractivity contribution is 5.56. The molecule has 0 bridgehead atoms. The van der Waals surface area contributed by atoms with Crippen LogP contribution < -0.4 is 0 Å². The third-order valence-electron chi connectivity index (χ3n) is 1.76. The monoisotopic (exact) mass is 148 g/mol. The summed E-state index contributed by atoms with van der Waals surface area (Å²) in [7, 11) is 0. The zero-order chi connectivity index (χ0) is 8.27. The Morgan fingerprint density at radius 2 is 2.27 bits per heavy atom. The molecule has 0 unspecified atom stereocenters. The van der Waals surface area contributed by atoms with Gasteiger partial charge in [0, 0.05) is 5.56 Å². The van der Waals surface area contributed by atoms with Crippen molar-refractivity contribution in [1.29, 1.82) is 0 Å². The highest BCUT2D eigenvalue weighted by atomic mass is 16.3. The minimum absolute atomic E-state index is 0.366. The lowest BCUT2D eigenvalue weighted by atomic mass is 10.0. The molecule has 0 aliphatic carbocycles. The molecule has 0 saturated heterocycles. The maximum Gasteiger partial charge on any atom is 0.119 e. The van der Waals surface area contributed by atoms with Gasteiger partial charge in [-0.3, -0.25) is 0 Å². The standard InChI is InChI=1S/C10H12O/c1-3-8-6-5-7-10(11)9(8)4-2/h3,5-7,11H,1,4H2,2H3. The first-order chi connectivity index (χ1) is 5.29. The Morgan fingerprint density at radius 3 is 2.73 bits per heavy atom. The van der Waals surface area contributed by atoms with E-state index in [2.05, 4.69) is 6.58 Å². The molecule has 58 valence electrons. The summed E-state index contributed by atoms with van der Waals surface area (Å²) in [5.41, 5.74) is 2.00. The first-order valence-electron chi connectivity index (χ1n) is 3.73. The fourth-order valence-corrected chi connectivity index (χ4v) is 1.17. The number of hydrogen-bond acceptors (Lipinski definition) is 1. The first kappa shape index (κ1) is 7.86. The van der Waals surface area contributed by atoms with E-state index in [-0.39, 0.29) is 0 Å². The van der Waals surface area contributed by atoms with Gasteiger partial charge in [-0.2, -0.15) is 0 Å². The van der Waals surface area contributed by atoms with Crippen LogP contribution in [-0.2, 0) is 6.42 Å². The topological polar surface area (TPSA) is 20.2 Å². The number of benzene rings is 1. The smallest absolute Gasteiger partial charge is 0.119 e. The van der Waals surface area contributed by atoms with E-state index in [1.54, 1.807) is 12.1 Å². The molecule has 0 heterocycles. The molecule has 1 aromatic carbocycles. The molecule has 0 fully saturated rings. The molecular weight excluding hydrogens is 136 g/mol. The van der Waals surface area contributed by atoms with Crippen molar-refractivity contribution in [3.8, 4) is 5.75 Å². The van der Waals surface area contributed by atoms with Crippen LogP contribution in [0, 0.1) is 0 Å². The average Bonchev–Trinajstić information content (AvgIpc) is 2.04. The molecule has 0 radical (unpaired) electrons. The molecule has 1 heteroatoms. The van der Waals surface area contributed by atoms with Crippen molar-refractivity contribution < 1.29 is 5.11 Å². The van der Waals surface area contributed by atoms with Gasteiger partial charge < -0.3 is 5.11 Å². The Labute approximate surface area is 67.0 Å². The minimum Gasteiger partial charge on any atom is -0.508 e. The van der Waals surface area contributed by atoms with Gasteiger partial charge in [-0.15, -0.1) is 0 Å². The SMILES string of the molecule is C=Cc1cccc(O)c1CC. The molecule has 0 saturated carbocycles. The summed E-state index contributed by atoms with van der Waals surface area (Å²) in [6.45, 7) is 5.69. The van der Waals surface area contributed by atoms with Gasteiger partial charge in [0.1, 0.15) is 5.75 Å². The highest BCUT2D eigenvalue weighted by Gasteiger charge is 2.00. The summed E-state index contributed by atoms with van der Waals surface area (Å²) in [6.07, 6.45) is 2.60. The van der Waals surface area contributed by atoms with E-state index in [0.29, 0.717) is 5.75 Å². The predicted molar refractivity (Wildman–Crippen MR) is 47.6 cm³/mol. The van der Waals surface area contributed by atoms with Gasteiger partial charge in [0.05, 0.1) is 0 Å². The van der Waals surface area contributed by atoms with E-state index in [4.69, 9.17) is 0 Å². The minimum atomic E-state index is 0.366. The van der Waals surface area contributed by atoms with Crippen LogP contribution in [0.1, 0.15) is 18.1 Å². The third-order valence-corrected chi connectivity index (χ3v) is 1.76. The van der Waals surface area contributed by atoms with E-state index in [1.165, 1.54) is 0 Å². The highest BCUT2D eigenvalue weighted by Crippen LogP contribution is 2.21. The van der Waals surface area contributed by atoms with Gasteiger partial charge >= 0.3 is 0 Å². The van der Waals surface area contributed by atoms with E-state index in [1.807, 2.05) is 19.1 Å². The van der Waals surface area contributed by atoms with Crippen molar-refractivity contribution >= 4 is 6.08 Å². The number of aromatic hydroxyl groups is 1. The largest absolute Gasteiger partial charge is 0.508 e. The normalized spacial score (nSPS) is 9.55. The third kappa shape index (κ3) is 1.43. The van der Waals surface area contributed by atoms with Crippen LogP contribution in [-0.4, -0.2) is 5.11 Å². The zero-order valence-electron chi connectivity index (χ0n) is 6.67. The maximum absolute atomic E-state index is 9.37. The van der Waals surface area contributed by atoms with Crippen LogP contribution in [0.15, 0.2) is 24.8 Å². The van der Waals surface area contributed by atoms with Crippen molar-refractivity contribution in [2.24, 2.45) is 0 Å². The van der Waals surface area contributed by atoms with Crippen molar-refractivity contribution in [2.45, 2.75) is 13.3 Å². The van der Waals surface area contributed by atoms with E-state index >= 15 is 0 Å². The lowest BCUT2D eigenvalue weighted by molar-refractivity contribution is 0.468. The van der Waals surface area contributed by atoms with Crippen molar-refractivity contribution in [3.05, 3.63) is 35.9 Å². The molecule has 0 atom stereocenters. The predicted octanol–water partition coefficient (Wildman–Crippen LogP) is 2.60. The second kappa shape index (κ2) is 3.24. The van der Waals surface area contributed by atoms with E-state index in [9.17, 15) is 5.11 Å². The molecule has 0 aliphatic rings. The van der Waals surface area contributed by atoms with E-state index < -0.39 is 0 Å². The Kier molecular flexibility index (Phi) is 2.32. The number of phenols is 1. The number of phenolic OH excluding ortho intramolecular Hbond substituents is 1. The first-order valence-corrected chi connectivity index (χ1v) is 3.73. The van der Waals surface area contributed by atoms with Gasteiger partial charge in [0.15, 0.2) is 0 Å². The average molecular weight is 148 g/mol. The number of hydrogen-bond donors (Lipinski definition) is 1. The number of rotatable bonds is 2. The van der Waals surface area contributed by atoms with Crippen molar-refractivity contribution in [3.63, 3.8) is 0 Å². The fourth-order valence-electron chi connectivity index (χ4n) is 1.17. The van der Waals surface area contributed by atoms with Gasteiger partial charge in [-0.1, -0.05) is 31.7 Å². The lowest BCUT2D eigenvalue weighted by Gasteiger charge is -2.04. The summed E-state index contributed by atoms with van der Waals surface area (Å²) in [6, 6.07) is 5.48. The Balaban J connectivity index is 3.23. The molecule has 0 spiro atoms. The van der Waals surface area contributed by atoms with Crippen molar-refractivity contribution in [2.75, 3.05) is 0 Å². The molecular formula is C10H12O. The molecule has 0 amide bonds. The van der Waals surface area contributed by atoms with Gasteiger partial charge in [0.2, 0.25) is 0 Å². The Bertz CT molecular complexity index is 264. The zero-order valence-corrected chi connectivity index (χ0v) is 6.67. The van der Waals surface area contributed by atoms with E-state index in [0.717, 1.165) is 17.5 Å². The molecule has 11 heavy (non-hydrogen) atoms. The molecule has 1 rings (SSSR count). The summed E-state index contributed by atoms with van der Waals surface area (Å²) in [5, 5.41) is 9.37. The molecule has 0 aliphatic heterocycles. The van der Waals surface area contributed by atoms with Crippen LogP contribution in [0.3, 0.4) is 0 Å². The maximum atomic E-state index is 9.37. The second-order valence-corrected chi connectivity index (χ2v) is 2.40. The van der Waals surface area contributed by atoms with Gasteiger partial charge in [-0.25, -0.2) is 0 Å². The second-order valence-electron chi connectivity index (χ2n) is 2.40. The van der Waals surface area contributed by atoms with Crippen molar-refractivity contribution in [1.82, 2.24) is 0 Å². The van der Waals surface area contributed by atoms with Crippen LogP contribution >= 0.6 is 0 Å². The van der Waals surface area contributed by atoms with Gasteiger partial charge in [0.25, 0.3) is 0 Å². The van der Waals surface area contributed by atoms with Gasteiger partial charge in [-0.05, 0) is 18.1 Å². The van der Waals surface area contributed by atoms with Crippen LogP contribution in [0.25, 0.3) is 6.08 Å². The molecule has 1 N–H and O–H groups in total. The van der Waals surface area contributed by atoms with Crippen LogP contribution in [0.4, 0.5) is 0 Å². The molecule has 1 nitrogen and oxygen atoms in total. The fraction of sp³-hybridized carbons (Fsp3) is 0.200. The lowest BCUT2D eigenvalue weighted by Crippen LogP contribution is -1.85. The Morgan fingerprint density at radius 1 is 1.55 bits per heavy atom. The Hall–Kier alpha value is -1.24. The quantitative estimate of drug-likeness (QED) is 0.683. The summed E-state index contributed by atoms with van der Waals surface area (Å²) in [4.78, 5) is 0.